The Morgan fingerprint density at radius 3 is 2.52 bits per heavy atom. The fraction of sp³-hybridized carbons (Fsp3) is 0.562. The normalized spacial score (nSPS) is 25.8. The number of amides is 1. The zero-order valence-corrected chi connectivity index (χ0v) is 15.9. The Morgan fingerprint density at radius 2 is 1.92 bits per heavy atom. The van der Waals surface area contributed by atoms with E-state index in [0.717, 1.165) is 4.47 Å². The molecule has 0 bridgehead atoms. The number of carboxylic acid groups (broad SMARTS) is 1. The predicted octanol–water partition coefficient (Wildman–Crippen LogP) is 2.40. The van der Waals surface area contributed by atoms with E-state index in [4.69, 9.17) is 14.6 Å². The zero-order chi connectivity index (χ0) is 18.1. The van der Waals surface area contributed by atoms with Crippen molar-refractivity contribution >= 4 is 31.9 Å². The molecule has 3 rings (SSSR count). The van der Waals surface area contributed by atoms with Crippen molar-refractivity contribution in [2.24, 2.45) is 5.92 Å². The second-order valence-corrected chi connectivity index (χ2v) is 9.35. The van der Waals surface area contributed by atoms with Crippen LogP contribution in [0.4, 0.5) is 4.79 Å². The second kappa shape index (κ2) is 7.22. The summed E-state index contributed by atoms with van der Waals surface area (Å²) in [6, 6.07) is 5.98. The van der Waals surface area contributed by atoms with Gasteiger partial charge < -0.3 is 19.9 Å². The van der Waals surface area contributed by atoms with E-state index in [0.29, 0.717) is 32.5 Å². The van der Waals surface area contributed by atoms with Crippen molar-refractivity contribution in [3.63, 3.8) is 0 Å². The summed E-state index contributed by atoms with van der Waals surface area (Å²) in [6.45, 7) is 0.951. The molecule has 1 amide bonds. The van der Waals surface area contributed by atoms with Gasteiger partial charge in [0.15, 0.2) is 15.6 Å². The Hall–Kier alpha value is -1.16. The summed E-state index contributed by atoms with van der Waals surface area (Å²) >= 11 is 3.28. The minimum Gasteiger partial charge on any atom is -0.465 e. The molecule has 7 nitrogen and oxygen atoms in total. The third-order valence-electron chi connectivity index (χ3n) is 4.71. The number of sulfone groups is 1. The van der Waals surface area contributed by atoms with Gasteiger partial charge in [-0.1, -0.05) is 15.9 Å². The van der Waals surface area contributed by atoms with E-state index in [1.54, 1.807) is 24.3 Å². The van der Waals surface area contributed by atoms with E-state index in [1.807, 2.05) is 0 Å². The van der Waals surface area contributed by atoms with E-state index in [1.165, 1.54) is 0 Å². The van der Waals surface area contributed by atoms with Gasteiger partial charge >= 0.3 is 6.09 Å². The van der Waals surface area contributed by atoms with Gasteiger partial charge in [-0.05, 0) is 36.6 Å². The first-order valence-electron chi connectivity index (χ1n) is 8.05. The van der Waals surface area contributed by atoms with Gasteiger partial charge in [0.05, 0.1) is 23.9 Å². The van der Waals surface area contributed by atoms with Crippen molar-refractivity contribution in [3.8, 4) is 0 Å². The highest BCUT2D eigenvalue weighted by Gasteiger charge is 2.46. The topological polar surface area (TPSA) is 102 Å². The molecule has 0 radical (unpaired) electrons. The van der Waals surface area contributed by atoms with Gasteiger partial charge in [-0.3, -0.25) is 0 Å². The molecule has 1 saturated carbocycles. The first-order valence-corrected chi connectivity index (χ1v) is 10.5. The highest BCUT2D eigenvalue weighted by atomic mass is 79.9. The molecule has 2 aliphatic rings. The summed E-state index contributed by atoms with van der Waals surface area (Å²) < 4.78 is 37.7. The van der Waals surface area contributed by atoms with E-state index >= 15 is 0 Å². The molecule has 2 fully saturated rings. The molecule has 2 N–H and O–H groups in total. The molecule has 1 heterocycles. The van der Waals surface area contributed by atoms with Crippen LogP contribution < -0.4 is 5.32 Å². The average molecular weight is 434 g/mol. The van der Waals surface area contributed by atoms with Crippen LogP contribution in [0.25, 0.3) is 0 Å². The van der Waals surface area contributed by atoms with Gasteiger partial charge in [-0.25, -0.2) is 13.2 Å². The van der Waals surface area contributed by atoms with E-state index in [9.17, 15) is 13.2 Å². The summed E-state index contributed by atoms with van der Waals surface area (Å²) in [5, 5.41) is 11.5. The maximum Gasteiger partial charge on any atom is 0.404 e. The van der Waals surface area contributed by atoms with Crippen molar-refractivity contribution in [3.05, 3.63) is 28.7 Å². The molecule has 138 valence electrons. The number of rotatable bonds is 4. The minimum absolute atomic E-state index is 0.159. The molecule has 1 aliphatic carbocycles. The number of carbonyl (C=O) groups is 1. The van der Waals surface area contributed by atoms with Crippen LogP contribution in [0, 0.1) is 5.92 Å². The van der Waals surface area contributed by atoms with Crippen LogP contribution in [0.2, 0.25) is 0 Å². The van der Waals surface area contributed by atoms with Crippen LogP contribution in [-0.4, -0.2) is 50.4 Å². The molecule has 1 aliphatic heterocycles. The van der Waals surface area contributed by atoms with Gasteiger partial charge in [-0.2, -0.15) is 0 Å². The Bertz CT molecular complexity index is 729. The molecule has 2 atom stereocenters. The Kier molecular flexibility index (Phi) is 5.38. The molecule has 25 heavy (non-hydrogen) atoms. The monoisotopic (exact) mass is 433 g/mol. The largest absolute Gasteiger partial charge is 0.465 e. The Balaban J connectivity index is 1.81. The molecule has 1 spiro atoms. The lowest BCUT2D eigenvalue weighted by Crippen LogP contribution is -2.51. The van der Waals surface area contributed by atoms with Crippen LogP contribution in [0.1, 0.15) is 19.3 Å². The number of hydrogen-bond donors (Lipinski definition) is 2. The van der Waals surface area contributed by atoms with Gasteiger partial charge in [0.25, 0.3) is 0 Å². The lowest BCUT2D eigenvalue weighted by molar-refractivity contribution is -0.188. The third kappa shape index (κ3) is 4.33. The molecular formula is C16H20BrNO6S. The highest BCUT2D eigenvalue weighted by Crippen LogP contribution is 2.40. The third-order valence-corrected chi connectivity index (χ3v) is 7.09. The van der Waals surface area contributed by atoms with Crippen molar-refractivity contribution in [2.45, 2.75) is 36.0 Å². The molecule has 0 unspecified atom stereocenters. The number of hydrogen-bond acceptors (Lipinski definition) is 5. The first kappa shape index (κ1) is 18.6. The van der Waals surface area contributed by atoms with E-state index < -0.39 is 33.7 Å². The lowest BCUT2D eigenvalue weighted by atomic mass is 9.81. The summed E-state index contributed by atoms with van der Waals surface area (Å²) in [5.41, 5.74) is 0. The standard InChI is InChI=1S/C16H20BrNO6S/c17-12-1-3-13(4-2-12)25(21,22)10-11-9-16(23-7-8-24-16)6-5-14(11)18-15(19)20/h1-4,11,14,18H,5-10H2,(H,19,20)/t11-,14-/m0/s1. The second-order valence-electron chi connectivity index (χ2n) is 6.40. The van der Waals surface area contributed by atoms with Gasteiger partial charge in [0, 0.05) is 23.4 Å². The number of ether oxygens (including phenoxy) is 2. The molecular weight excluding hydrogens is 414 g/mol. The maximum atomic E-state index is 12.8. The molecule has 0 aromatic heterocycles. The van der Waals surface area contributed by atoms with Gasteiger partial charge in [0.2, 0.25) is 0 Å². The van der Waals surface area contributed by atoms with Crippen molar-refractivity contribution in [2.75, 3.05) is 19.0 Å². The SMILES string of the molecule is O=C(O)N[C@H]1CCC2(C[C@H]1CS(=O)(=O)c1ccc(Br)cc1)OCCO2. The van der Waals surface area contributed by atoms with Gasteiger partial charge in [0.1, 0.15) is 0 Å². The minimum atomic E-state index is -3.56. The average Bonchev–Trinajstić information content (AvgIpc) is 2.98. The van der Waals surface area contributed by atoms with Crippen LogP contribution >= 0.6 is 15.9 Å². The van der Waals surface area contributed by atoms with E-state index in [2.05, 4.69) is 21.2 Å². The smallest absolute Gasteiger partial charge is 0.404 e. The fourth-order valence-electron chi connectivity index (χ4n) is 3.56. The van der Waals surface area contributed by atoms with Crippen LogP contribution in [-0.2, 0) is 19.3 Å². The maximum absolute atomic E-state index is 12.8. The Morgan fingerprint density at radius 1 is 1.28 bits per heavy atom. The van der Waals surface area contributed by atoms with Crippen LogP contribution in [0.15, 0.2) is 33.6 Å². The van der Waals surface area contributed by atoms with Crippen molar-refractivity contribution in [1.82, 2.24) is 5.32 Å². The molecule has 9 heteroatoms. The summed E-state index contributed by atoms with van der Waals surface area (Å²) in [4.78, 5) is 11.3. The summed E-state index contributed by atoms with van der Waals surface area (Å²) in [7, 11) is -3.56. The molecule has 1 aromatic carbocycles. The van der Waals surface area contributed by atoms with Crippen LogP contribution in [0.3, 0.4) is 0 Å². The number of nitrogens with one attached hydrogen (secondary N) is 1. The number of halogens is 1. The lowest BCUT2D eigenvalue weighted by Gasteiger charge is -2.40. The Labute approximate surface area is 154 Å². The first-order chi connectivity index (χ1) is 11.8. The molecule has 1 saturated heterocycles. The van der Waals surface area contributed by atoms with E-state index in [-0.39, 0.29) is 10.6 Å². The predicted molar refractivity (Wildman–Crippen MR) is 93.1 cm³/mol. The summed E-state index contributed by atoms with van der Waals surface area (Å²) in [6.07, 6.45) is 0.230. The molecule has 1 aromatic rings. The fourth-order valence-corrected chi connectivity index (χ4v) is 5.48. The highest BCUT2D eigenvalue weighted by molar-refractivity contribution is 9.10. The summed E-state index contributed by atoms with van der Waals surface area (Å²) in [5.74, 6) is -1.36. The van der Waals surface area contributed by atoms with Crippen molar-refractivity contribution in [1.29, 1.82) is 0 Å². The van der Waals surface area contributed by atoms with Gasteiger partial charge in [-0.15, -0.1) is 0 Å². The van der Waals surface area contributed by atoms with Crippen LogP contribution in [0.5, 0.6) is 0 Å². The van der Waals surface area contributed by atoms with Crippen molar-refractivity contribution < 1.29 is 27.8 Å². The zero-order valence-electron chi connectivity index (χ0n) is 13.5. The quantitative estimate of drug-likeness (QED) is 0.755. The number of benzene rings is 1.